The van der Waals surface area contributed by atoms with Gasteiger partial charge in [0.15, 0.2) is 5.43 Å². The number of pyridine rings is 1. The zero-order chi connectivity index (χ0) is 15.6. The predicted octanol–water partition coefficient (Wildman–Crippen LogP) is 1.63. The number of hydrogen-bond donors (Lipinski definition) is 1. The number of methoxy groups -OCH3 is 1. The van der Waals surface area contributed by atoms with E-state index >= 15 is 0 Å². The molecule has 6 nitrogen and oxygen atoms in total. The van der Waals surface area contributed by atoms with Gasteiger partial charge in [0.1, 0.15) is 11.5 Å². The van der Waals surface area contributed by atoms with Crippen molar-refractivity contribution in [2.24, 2.45) is 0 Å². The van der Waals surface area contributed by atoms with Gasteiger partial charge >= 0.3 is 11.9 Å². The fraction of sp³-hybridized carbons (Fsp3) is 0.214. The lowest BCUT2D eigenvalue weighted by Crippen LogP contribution is -2.16. The number of fused-ring (bicyclic) bond motifs is 1. The normalized spacial score (nSPS) is 10.4. The molecule has 0 aliphatic carbocycles. The first kappa shape index (κ1) is 14.7. The summed E-state index contributed by atoms with van der Waals surface area (Å²) < 4.78 is 23.2. The summed E-state index contributed by atoms with van der Waals surface area (Å²) in [5.41, 5.74) is -1.18. The maximum atomic E-state index is 13.9. The lowest BCUT2D eigenvalue weighted by atomic mass is 10.1. The molecule has 0 amide bonds. The minimum absolute atomic E-state index is 0.0782. The largest absolute Gasteiger partial charge is 0.465 e. The van der Waals surface area contributed by atoms with Crippen molar-refractivity contribution in [3.63, 3.8) is 0 Å². The summed E-state index contributed by atoms with van der Waals surface area (Å²) in [6, 6.07) is 3.13. The van der Waals surface area contributed by atoms with E-state index in [2.05, 4.69) is 9.72 Å². The first-order valence-corrected chi connectivity index (χ1v) is 6.10. The number of nitrogens with one attached hydrogen (secondary N) is 1. The van der Waals surface area contributed by atoms with Gasteiger partial charge in [-0.15, -0.1) is 0 Å². The minimum atomic E-state index is -0.778. The van der Waals surface area contributed by atoms with Crippen molar-refractivity contribution in [3.8, 4) is 0 Å². The number of carbonyl (C=O) groups excluding carboxylic acids is 2. The van der Waals surface area contributed by atoms with Crippen LogP contribution >= 0.6 is 0 Å². The van der Waals surface area contributed by atoms with Gasteiger partial charge in [0.2, 0.25) is 0 Å². The van der Waals surface area contributed by atoms with Gasteiger partial charge in [-0.1, -0.05) is 0 Å². The molecule has 0 saturated heterocycles. The fourth-order valence-electron chi connectivity index (χ4n) is 1.93. The van der Waals surface area contributed by atoms with E-state index in [1.165, 1.54) is 0 Å². The summed E-state index contributed by atoms with van der Waals surface area (Å²) in [5, 5.41) is -0.171. The third kappa shape index (κ3) is 2.62. The molecular weight excluding hydrogens is 281 g/mol. The number of rotatable bonds is 3. The summed E-state index contributed by atoms with van der Waals surface area (Å²) in [7, 11) is 1.15. The van der Waals surface area contributed by atoms with E-state index in [-0.39, 0.29) is 28.8 Å². The molecule has 0 aliphatic rings. The summed E-state index contributed by atoms with van der Waals surface area (Å²) >= 11 is 0. The van der Waals surface area contributed by atoms with Crippen LogP contribution in [0.3, 0.4) is 0 Å². The molecule has 0 spiro atoms. The van der Waals surface area contributed by atoms with Crippen molar-refractivity contribution >= 4 is 22.8 Å². The number of carbonyl (C=O) groups is 2. The minimum Gasteiger partial charge on any atom is -0.465 e. The van der Waals surface area contributed by atoms with Crippen LogP contribution in [0.4, 0.5) is 4.39 Å². The second-order valence-corrected chi connectivity index (χ2v) is 4.10. The molecule has 1 aromatic heterocycles. The molecule has 2 aromatic rings. The Morgan fingerprint density at radius 2 is 2.00 bits per heavy atom. The van der Waals surface area contributed by atoms with Crippen LogP contribution in [-0.4, -0.2) is 30.6 Å². The van der Waals surface area contributed by atoms with E-state index in [9.17, 15) is 18.8 Å². The molecule has 0 radical (unpaired) electrons. The van der Waals surface area contributed by atoms with Crippen molar-refractivity contribution < 1.29 is 23.5 Å². The quantitative estimate of drug-likeness (QED) is 0.869. The van der Waals surface area contributed by atoms with Gasteiger partial charge in [-0.3, -0.25) is 4.79 Å². The molecule has 0 aliphatic heterocycles. The molecule has 0 unspecified atom stereocenters. The lowest BCUT2D eigenvalue weighted by Gasteiger charge is -2.07. The number of esters is 2. The Balaban J connectivity index is 2.76. The molecule has 0 atom stereocenters. The van der Waals surface area contributed by atoms with Gasteiger partial charge in [-0.05, 0) is 19.1 Å². The second-order valence-electron chi connectivity index (χ2n) is 4.10. The SMILES string of the molecule is CCOC(=O)c1cc(=O)c2c(C(=O)OC)ccc(F)c2[nH]1. The Labute approximate surface area is 118 Å². The Bertz CT molecular complexity index is 781. The first-order valence-electron chi connectivity index (χ1n) is 6.10. The number of hydrogen-bond acceptors (Lipinski definition) is 5. The van der Waals surface area contributed by atoms with Crippen molar-refractivity contribution in [3.05, 3.63) is 45.5 Å². The van der Waals surface area contributed by atoms with Crippen LogP contribution < -0.4 is 5.43 Å². The van der Waals surface area contributed by atoms with Crippen LogP contribution in [0.15, 0.2) is 23.0 Å². The van der Waals surface area contributed by atoms with Gasteiger partial charge in [-0.25, -0.2) is 14.0 Å². The van der Waals surface area contributed by atoms with Crippen LogP contribution in [0.1, 0.15) is 27.8 Å². The monoisotopic (exact) mass is 293 g/mol. The van der Waals surface area contributed by atoms with Crippen molar-refractivity contribution in [2.75, 3.05) is 13.7 Å². The molecule has 0 bridgehead atoms. The Morgan fingerprint density at radius 1 is 1.29 bits per heavy atom. The highest BCUT2D eigenvalue weighted by atomic mass is 19.1. The van der Waals surface area contributed by atoms with Gasteiger partial charge in [-0.2, -0.15) is 0 Å². The molecule has 110 valence electrons. The third-order valence-corrected chi connectivity index (χ3v) is 2.84. The maximum Gasteiger partial charge on any atom is 0.354 e. The van der Waals surface area contributed by atoms with Crippen molar-refractivity contribution in [1.82, 2.24) is 4.98 Å². The predicted molar refractivity (Wildman–Crippen MR) is 71.8 cm³/mol. The van der Waals surface area contributed by atoms with E-state index in [1.54, 1.807) is 6.92 Å². The van der Waals surface area contributed by atoms with E-state index in [1.807, 2.05) is 0 Å². The van der Waals surface area contributed by atoms with Crippen LogP contribution in [0, 0.1) is 5.82 Å². The standard InChI is InChI=1S/C14H12FNO5/c1-3-21-14(19)9-6-10(17)11-7(13(18)20-2)4-5-8(15)12(11)16-9/h4-6H,3H2,1-2H3,(H,16,17). The molecule has 1 aromatic carbocycles. The molecule has 1 N–H and O–H groups in total. The van der Waals surface area contributed by atoms with Gasteiger partial charge in [0, 0.05) is 6.07 Å². The fourth-order valence-corrected chi connectivity index (χ4v) is 1.93. The van der Waals surface area contributed by atoms with Gasteiger partial charge in [0.25, 0.3) is 0 Å². The smallest absolute Gasteiger partial charge is 0.354 e. The summed E-state index contributed by atoms with van der Waals surface area (Å²) in [5.74, 6) is -2.31. The van der Waals surface area contributed by atoms with E-state index in [0.29, 0.717) is 0 Å². The van der Waals surface area contributed by atoms with Gasteiger partial charge in [0.05, 0.1) is 30.2 Å². The lowest BCUT2D eigenvalue weighted by molar-refractivity contribution is 0.0519. The summed E-state index contributed by atoms with van der Waals surface area (Å²) in [4.78, 5) is 37.8. The molecule has 2 rings (SSSR count). The number of ether oxygens (including phenoxy) is 2. The average molecular weight is 293 g/mol. The highest BCUT2D eigenvalue weighted by Gasteiger charge is 2.19. The number of H-pyrrole nitrogens is 1. The van der Waals surface area contributed by atoms with Gasteiger partial charge < -0.3 is 14.5 Å². The zero-order valence-corrected chi connectivity index (χ0v) is 11.4. The van der Waals surface area contributed by atoms with Crippen LogP contribution in [0.25, 0.3) is 10.9 Å². The number of halogens is 1. The van der Waals surface area contributed by atoms with Crippen LogP contribution in [-0.2, 0) is 9.47 Å². The van der Waals surface area contributed by atoms with E-state index in [4.69, 9.17) is 4.74 Å². The molecule has 1 heterocycles. The number of aromatic nitrogens is 1. The third-order valence-electron chi connectivity index (χ3n) is 2.84. The average Bonchev–Trinajstić information content (AvgIpc) is 2.47. The molecular formula is C14H12FNO5. The van der Waals surface area contributed by atoms with Crippen molar-refractivity contribution in [2.45, 2.75) is 6.92 Å². The first-order chi connectivity index (χ1) is 9.99. The Kier molecular flexibility index (Phi) is 4.02. The molecule has 0 saturated carbocycles. The zero-order valence-electron chi connectivity index (χ0n) is 11.4. The summed E-state index contributed by atoms with van der Waals surface area (Å²) in [6.45, 7) is 1.72. The van der Waals surface area contributed by atoms with E-state index in [0.717, 1.165) is 25.3 Å². The maximum absolute atomic E-state index is 13.9. The number of aromatic amines is 1. The Hall–Kier alpha value is -2.70. The molecule has 0 fully saturated rings. The second kappa shape index (κ2) is 5.74. The Morgan fingerprint density at radius 3 is 2.62 bits per heavy atom. The molecule has 21 heavy (non-hydrogen) atoms. The molecule has 7 heteroatoms. The number of benzene rings is 1. The highest BCUT2D eigenvalue weighted by molar-refractivity contribution is 6.04. The van der Waals surface area contributed by atoms with Crippen molar-refractivity contribution in [1.29, 1.82) is 0 Å². The summed E-state index contributed by atoms with van der Waals surface area (Å²) in [6.07, 6.45) is 0. The van der Waals surface area contributed by atoms with Crippen LogP contribution in [0.2, 0.25) is 0 Å². The van der Waals surface area contributed by atoms with E-state index < -0.39 is 23.2 Å². The van der Waals surface area contributed by atoms with Crippen LogP contribution in [0.5, 0.6) is 0 Å². The highest BCUT2D eigenvalue weighted by Crippen LogP contribution is 2.18. The topological polar surface area (TPSA) is 85.5 Å².